The molecule has 0 unspecified atom stereocenters. The van der Waals surface area contributed by atoms with Gasteiger partial charge in [0.15, 0.2) is 17.5 Å². The first-order valence-electron chi connectivity index (χ1n) is 32.8. The Hall–Kier alpha value is -8.93. The lowest BCUT2D eigenvalue weighted by Gasteiger charge is -2.45. The van der Waals surface area contributed by atoms with E-state index in [1.54, 1.807) is 0 Å². The minimum atomic E-state index is -0.164. The summed E-state index contributed by atoms with van der Waals surface area (Å²) < 4.78 is 0. The first kappa shape index (κ1) is 59.7. The van der Waals surface area contributed by atoms with Crippen molar-refractivity contribution in [2.75, 3.05) is 9.80 Å². The molecule has 0 saturated carbocycles. The zero-order valence-corrected chi connectivity index (χ0v) is 56.8. The van der Waals surface area contributed by atoms with Gasteiger partial charge in [-0.25, -0.2) is 15.0 Å². The van der Waals surface area contributed by atoms with Crippen molar-refractivity contribution in [1.82, 2.24) is 15.0 Å². The molecule has 5 heteroatoms. The Morgan fingerprint density at radius 3 is 0.901 bits per heavy atom. The largest absolute Gasteiger partial charge is 0.310 e. The Morgan fingerprint density at radius 1 is 0.264 bits per heavy atom. The van der Waals surface area contributed by atoms with E-state index in [2.05, 4.69) is 329 Å². The Balaban J connectivity index is 1.15. The molecule has 12 aromatic rings. The average Bonchev–Trinajstić information content (AvgIpc) is 0.714. The minimum Gasteiger partial charge on any atom is -0.310 e. The Bertz CT molecular complexity index is 4560. The molecule has 0 N–H and O–H groups in total. The molecule has 0 saturated heterocycles. The third-order valence-electron chi connectivity index (χ3n) is 19.5. The maximum absolute atomic E-state index is 5.80. The number of nitrogens with zero attached hydrogens (tertiary/aromatic N) is 5. The second-order valence-corrected chi connectivity index (χ2v) is 32.4. The summed E-state index contributed by atoms with van der Waals surface area (Å²) in [5, 5.41) is 9.79. The van der Waals surface area contributed by atoms with Gasteiger partial charge in [0.2, 0.25) is 0 Å². The van der Waals surface area contributed by atoms with Crippen LogP contribution in [0.2, 0.25) is 0 Å². The van der Waals surface area contributed by atoms with E-state index in [1.807, 2.05) is 0 Å². The molecule has 3 heterocycles. The van der Waals surface area contributed by atoms with Crippen LogP contribution < -0.4 is 9.80 Å². The predicted octanol–water partition coefficient (Wildman–Crippen LogP) is 24.0. The number of fused-ring (bicyclic) bond motifs is 10. The molecule has 11 aromatic carbocycles. The van der Waals surface area contributed by atoms with E-state index in [0.717, 1.165) is 50.8 Å². The molecule has 5 nitrogen and oxygen atoms in total. The molecular formula is C86H87N5. The van der Waals surface area contributed by atoms with Crippen molar-refractivity contribution < 1.29 is 0 Å². The third kappa shape index (κ3) is 10.6. The maximum Gasteiger partial charge on any atom is 0.164 e. The molecular weight excluding hydrogens is 1100 g/mol. The van der Waals surface area contributed by atoms with Crippen LogP contribution in [-0.2, 0) is 32.5 Å². The van der Waals surface area contributed by atoms with Crippen molar-refractivity contribution in [1.29, 1.82) is 0 Å². The zero-order chi connectivity index (χ0) is 64.2. The molecule has 0 fully saturated rings. The van der Waals surface area contributed by atoms with Crippen LogP contribution in [0.5, 0.6) is 0 Å². The van der Waals surface area contributed by atoms with Crippen molar-refractivity contribution >= 4 is 77.2 Å². The van der Waals surface area contributed by atoms with Crippen LogP contribution in [0.4, 0.5) is 34.1 Å². The number of aromatic nitrogens is 3. The molecule has 0 bridgehead atoms. The second-order valence-electron chi connectivity index (χ2n) is 32.4. The normalized spacial score (nSPS) is 14.0. The van der Waals surface area contributed by atoms with Crippen molar-refractivity contribution in [2.24, 2.45) is 0 Å². The van der Waals surface area contributed by atoms with Gasteiger partial charge in [0.05, 0.1) is 22.7 Å². The van der Waals surface area contributed by atoms with Gasteiger partial charge < -0.3 is 9.80 Å². The van der Waals surface area contributed by atoms with Crippen LogP contribution in [0.15, 0.2) is 194 Å². The topological polar surface area (TPSA) is 45.2 Å². The lowest BCUT2D eigenvalue weighted by molar-refractivity contribution is 0.568. The van der Waals surface area contributed by atoms with Gasteiger partial charge in [-0.15, -0.1) is 0 Å². The highest BCUT2D eigenvalue weighted by molar-refractivity contribution is 6.13. The van der Waals surface area contributed by atoms with Crippen LogP contribution in [0.3, 0.4) is 0 Å². The van der Waals surface area contributed by atoms with Gasteiger partial charge in [0.1, 0.15) is 0 Å². The van der Waals surface area contributed by atoms with Crippen LogP contribution in [0, 0.1) is 0 Å². The molecule has 0 aliphatic carbocycles. The quantitative estimate of drug-likeness (QED) is 0.161. The SMILES string of the molecule is CC(C)(C)c1ccc(N2c3cc4c(ccc5ccccc54)cc3C3c4cc5ccc6ccccc6c5cc4N(c4ccc(C(C)(C)C)cc4)c4cc(-c5nc(-c6cc(C(C)(C)C)cc(C(C)(C)C)c6)nc(-c6cc(C(C)(C)C)cc(C(C)(C)C)c6)n5)cc2c43)cc1. The lowest BCUT2D eigenvalue weighted by atomic mass is 9.74. The molecule has 2 aliphatic rings. The van der Waals surface area contributed by atoms with Gasteiger partial charge in [-0.1, -0.05) is 234 Å². The molecule has 0 radical (unpaired) electrons. The molecule has 0 spiro atoms. The molecule has 2 aliphatic heterocycles. The van der Waals surface area contributed by atoms with Crippen molar-refractivity contribution in [3.05, 3.63) is 244 Å². The van der Waals surface area contributed by atoms with E-state index in [1.165, 1.54) is 93.2 Å². The highest BCUT2D eigenvalue weighted by Crippen LogP contribution is 2.63. The summed E-state index contributed by atoms with van der Waals surface area (Å²) in [7, 11) is 0. The van der Waals surface area contributed by atoms with Crippen LogP contribution in [0.25, 0.3) is 77.3 Å². The van der Waals surface area contributed by atoms with Gasteiger partial charge in [-0.05, 0) is 205 Å². The molecule has 1 aromatic heterocycles. The second kappa shape index (κ2) is 20.8. The smallest absolute Gasteiger partial charge is 0.164 e. The highest BCUT2D eigenvalue weighted by atomic mass is 15.2. The predicted molar refractivity (Wildman–Crippen MR) is 389 cm³/mol. The van der Waals surface area contributed by atoms with E-state index in [4.69, 9.17) is 15.0 Å². The van der Waals surface area contributed by atoms with E-state index >= 15 is 0 Å². The number of anilines is 6. The summed E-state index contributed by atoms with van der Waals surface area (Å²) in [4.78, 5) is 22.4. The maximum atomic E-state index is 5.80. The summed E-state index contributed by atoms with van der Waals surface area (Å²) in [5.41, 5.74) is 20.2. The van der Waals surface area contributed by atoms with Gasteiger partial charge in [-0.3, -0.25) is 0 Å². The van der Waals surface area contributed by atoms with Crippen molar-refractivity contribution in [3.8, 4) is 34.2 Å². The Kier molecular flexibility index (Phi) is 13.6. The standard InChI is InChI=1S/C86H87N5/c1-81(2,3)58-31-35-64(36-32-58)90-72-49-68-53(29-27-51-23-19-21-25-66(51)68)43-70(72)76-71-44-54-30-28-52-24-20-22-26-67(52)69(54)50-73(71)91(65-37-33-59(34-38-65)82(4,5)6)75-46-57(45-74(90)77(75)76)80-88-78(55-39-60(83(7,8)9)47-61(40-55)84(10,11)12)87-79(89-80)56-41-62(85(13,14)15)48-63(42-56)86(16,17)18/h19-50,76H,1-18H3. The Morgan fingerprint density at radius 2 is 0.571 bits per heavy atom. The monoisotopic (exact) mass is 1190 g/mol. The van der Waals surface area contributed by atoms with E-state index in [0.29, 0.717) is 17.5 Å². The fourth-order valence-electron chi connectivity index (χ4n) is 13.9. The number of rotatable bonds is 5. The lowest BCUT2D eigenvalue weighted by Crippen LogP contribution is -2.29. The number of benzene rings is 11. The number of hydrogen-bond donors (Lipinski definition) is 0. The van der Waals surface area contributed by atoms with E-state index < -0.39 is 0 Å². The third-order valence-corrected chi connectivity index (χ3v) is 19.5. The first-order valence-corrected chi connectivity index (χ1v) is 32.8. The number of hydrogen-bond acceptors (Lipinski definition) is 5. The first-order chi connectivity index (χ1) is 42.8. The average molecular weight is 1190 g/mol. The highest BCUT2D eigenvalue weighted by Gasteiger charge is 2.43. The molecule has 91 heavy (non-hydrogen) atoms. The minimum absolute atomic E-state index is 0.0489. The van der Waals surface area contributed by atoms with Crippen molar-refractivity contribution in [3.63, 3.8) is 0 Å². The summed E-state index contributed by atoms with van der Waals surface area (Å²) in [5.74, 6) is 1.75. The van der Waals surface area contributed by atoms with Gasteiger partial charge >= 0.3 is 0 Å². The van der Waals surface area contributed by atoms with Crippen molar-refractivity contribution in [2.45, 2.75) is 163 Å². The van der Waals surface area contributed by atoms with Crippen LogP contribution in [-0.4, -0.2) is 15.0 Å². The van der Waals surface area contributed by atoms with Gasteiger partial charge in [0, 0.05) is 39.5 Å². The summed E-state index contributed by atoms with van der Waals surface area (Å²) in [6.45, 7) is 41.5. The molecule has 0 atom stereocenters. The van der Waals surface area contributed by atoms with Gasteiger partial charge in [0.25, 0.3) is 0 Å². The Labute approximate surface area is 540 Å². The van der Waals surface area contributed by atoms with Crippen LogP contribution in [0.1, 0.15) is 181 Å². The molecule has 456 valence electrons. The summed E-state index contributed by atoms with van der Waals surface area (Å²) in [6, 6.07) is 74.6. The summed E-state index contributed by atoms with van der Waals surface area (Å²) >= 11 is 0. The van der Waals surface area contributed by atoms with Gasteiger partial charge in [-0.2, -0.15) is 0 Å². The van der Waals surface area contributed by atoms with Crippen LogP contribution >= 0.6 is 0 Å². The fraction of sp³-hybridized carbons (Fsp3) is 0.291. The van der Waals surface area contributed by atoms with E-state index in [-0.39, 0.29) is 38.4 Å². The molecule has 0 amide bonds. The zero-order valence-electron chi connectivity index (χ0n) is 56.8. The summed E-state index contributed by atoms with van der Waals surface area (Å²) in [6.07, 6.45) is 0. The molecule has 14 rings (SSSR count). The van der Waals surface area contributed by atoms with E-state index in [9.17, 15) is 0 Å². The fourth-order valence-corrected chi connectivity index (χ4v) is 13.9.